The number of nitrogens with one attached hydrogen (secondary N) is 1. The lowest BCUT2D eigenvalue weighted by atomic mass is 9.48. The molecule has 0 spiro atoms. The number of aliphatic hydroxyl groups excluding tert-OH is 1. The molecule has 0 heterocycles. The van der Waals surface area contributed by atoms with Gasteiger partial charge in [-0.15, -0.1) is 0 Å². The van der Waals surface area contributed by atoms with E-state index in [4.69, 9.17) is 0 Å². The summed E-state index contributed by atoms with van der Waals surface area (Å²) in [6.07, 6.45) is 6.33. The Morgan fingerprint density at radius 3 is 2.30 bits per heavy atom. The molecule has 0 radical (unpaired) electrons. The number of rotatable bonds is 3. The van der Waals surface area contributed by atoms with Crippen LogP contribution in [0.25, 0.3) is 0 Å². The van der Waals surface area contributed by atoms with E-state index in [2.05, 4.69) is 5.32 Å². The summed E-state index contributed by atoms with van der Waals surface area (Å²) in [4.78, 5) is 0. The molecule has 20 heavy (non-hydrogen) atoms. The lowest BCUT2D eigenvalue weighted by Crippen LogP contribution is -2.63. The summed E-state index contributed by atoms with van der Waals surface area (Å²) in [5, 5.41) is 13.7. The van der Waals surface area contributed by atoms with E-state index in [9.17, 15) is 9.50 Å². The maximum atomic E-state index is 13.4. The Labute approximate surface area is 119 Å². The molecule has 4 fully saturated rings. The van der Waals surface area contributed by atoms with Gasteiger partial charge in [0.15, 0.2) is 0 Å². The summed E-state index contributed by atoms with van der Waals surface area (Å²) >= 11 is 0. The molecule has 0 unspecified atom stereocenters. The third-order valence-corrected chi connectivity index (χ3v) is 6.06. The molecule has 4 aliphatic rings. The number of benzene rings is 1. The van der Waals surface area contributed by atoms with Gasteiger partial charge >= 0.3 is 0 Å². The normalized spacial score (nSPS) is 41.9. The summed E-state index contributed by atoms with van der Waals surface area (Å²) in [6.45, 7) is 0.165. The van der Waals surface area contributed by atoms with E-state index in [1.165, 1.54) is 38.2 Å². The molecule has 0 saturated heterocycles. The molecule has 1 aromatic rings. The highest BCUT2D eigenvalue weighted by Crippen LogP contribution is 2.58. The van der Waals surface area contributed by atoms with Gasteiger partial charge in [0.1, 0.15) is 5.82 Å². The molecule has 108 valence electrons. The number of hydrogen-bond acceptors (Lipinski definition) is 2. The molecule has 0 atom stereocenters. The zero-order chi connectivity index (χ0) is 13.7. The highest BCUT2D eigenvalue weighted by atomic mass is 19.1. The fraction of sp³-hybridized carbons (Fsp3) is 0.647. The van der Waals surface area contributed by atoms with E-state index in [1.807, 2.05) is 6.07 Å². The quantitative estimate of drug-likeness (QED) is 0.886. The average molecular weight is 275 g/mol. The Balaban J connectivity index is 1.66. The van der Waals surface area contributed by atoms with E-state index < -0.39 is 0 Å². The Morgan fingerprint density at radius 2 is 1.75 bits per heavy atom. The van der Waals surface area contributed by atoms with E-state index in [0.717, 1.165) is 17.5 Å². The van der Waals surface area contributed by atoms with Gasteiger partial charge in [0.25, 0.3) is 0 Å². The first-order valence-corrected chi connectivity index (χ1v) is 7.84. The van der Waals surface area contributed by atoms with Crippen molar-refractivity contribution in [1.82, 2.24) is 0 Å². The molecule has 5 rings (SSSR count). The maximum Gasteiger partial charge on any atom is 0.125 e. The predicted octanol–water partition coefficient (Wildman–Crippen LogP) is 3.42. The van der Waals surface area contributed by atoms with Gasteiger partial charge < -0.3 is 10.4 Å². The molecule has 0 aromatic heterocycles. The van der Waals surface area contributed by atoms with Crippen molar-refractivity contribution >= 4 is 5.69 Å². The fourth-order valence-electron chi connectivity index (χ4n) is 5.36. The Kier molecular flexibility index (Phi) is 2.81. The second-order valence-electron chi connectivity index (χ2n) is 7.14. The van der Waals surface area contributed by atoms with Crippen molar-refractivity contribution in [3.63, 3.8) is 0 Å². The van der Waals surface area contributed by atoms with E-state index >= 15 is 0 Å². The fourth-order valence-corrected chi connectivity index (χ4v) is 5.36. The van der Waals surface area contributed by atoms with Crippen LogP contribution in [0, 0.1) is 29.5 Å². The van der Waals surface area contributed by atoms with Crippen LogP contribution in [0.4, 0.5) is 10.1 Å². The molecule has 0 amide bonds. The SMILES string of the molecule is OCC1(Nc2cccc(F)c2)C2CC3CC(C2)CC1C3. The van der Waals surface area contributed by atoms with Crippen molar-refractivity contribution < 1.29 is 9.50 Å². The number of aliphatic hydroxyl groups is 1. The third kappa shape index (κ3) is 1.79. The number of hydrogen-bond donors (Lipinski definition) is 2. The largest absolute Gasteiger partial charge is 0.394 e. The van der Waals surface area contributed by atoms with Gasteiger partial charge in [-0.05, 0) is 74.0 Å². The van der Waals surface area contributed by atoms with Crippen LogP contribution in [0.2, 0.25) is 0 Å². The highest BCUT2D eigenvalue weighted by Gasteiger charge is 2.56. The molecular weight excluding hydrogens is 253 g/mol. The minimum atomic E-state index is -0.221. The van der Waals surface area contributed by atoms with Gasteiger partial charge in [0.05, 0.1) is 12.1 Å². The zero-order valence-electron chi connectivity index (χ0n) is 11.7. The van der Waals surface area contributed by atoms with Crippen molar-refractivity contribution in [1.29, 1.82) is 0 Å². The molecule has 2 N–H and O–H groups in total. The van der Waals surface area contributed by atoms with Crippen LogP contribution in [-0.4, -0.2) is 17.3 Å². The second-order valence-corrected chi connectivity index (χ2v) is 7.14. The van der Waals surface area contributed by atoms with Crippen LogP contribution in [0.3, 0.4) is 0 Å². The Bertz CT molecular complexity index is 487. The molecule has 4 aliphatic carbocycles. The van der Waals surface area contributed by atoms with Crippen LogP contribution < -0.4 is 5.32 Å². The summed E-state index contributed by atoms with van der Waals surface area (Å²) in [6, 6.07) is 6.65. The molecule has 3 heteroatoms. The van der Waals surface area contributed by atoms with Crippen molar-refractivity contribution in [2.45, 2.75) is 37.6 Å². The average Bonchev–Trinajstić information content (AvgIpc) is 2.42. The summed E-state index contributed by atoms with van der Waals surface area (Å²) in [5.41, 5.74) is 0.591. The van der Waals surface area contributed by atoms with Crippen LogP contribution in [0.5, 0.6) is 0 Å². The van der Waals surface area contributed by atoms with Crippen LogP contribution in [0.1, 0.15) is 32.1 Å². The molecule has 2 nitrogen and oxygen atoms in total. The molecule has 0 aliphatic heterocycles. The first-order chi connectivity index (χ1) is 9.69. The Hall–Kier alpha value is -1.09. The van der Waals surface area contributed by atoms with Gasteiger partial charge in [-0.2, -0.15) is 0 Å². The van der Waals surface area contributed by atoms with Gasteiger partial charge in [-0.3, -0.25) is 0 Å². The van der Waals surface area contributed by atoms with E-state index in [1.54, 1.807) is 12.1 Å². The van der Waals surface area contributed by atoms with Crippen LogP contribution in [-0.2, 0) is 0 Å². The molecule has 4 bridgehead atoms. The standard InChI is InChI=1S/C17H22FNO/c18-15-2-1-3-16(9-15)19-17(10-20)13-5-11-4-12(7-13)8-14(17)6-11/h1-3,9,11-14,19-20H,4-8,10H2. The lowest BCUT2D eigenvalue weighted by Gasteiger charge is -2.61. The minimum absolute atomic E-state index is 0.165. The van der Waals surface area contributed by atoms with Crippen LogP contribution >= 0.6 is 0 Å². The van der Waals surface area contributed by atoms with E-state index in [0.29, 0.717) is 11.8 Å². The summed E-state index contributed by atoms with van der Waals surface area (Å²) in [7, 11) is 0. The topological polar surface area (TPSA) is 32.3 Å². The first-order valence-electron chi connectivity index (χ1n) is 7.84. The van der Waals surface area contributed by atoms with Gasteiger partial charge in [-0.25, -0.2) is 4.39 Å². The van der Waals surface area contributed by atoms with Crippen LogP contribution in [0.15, 0.2) is 24.3 Å². The molecule has 1 aromatic carbocycles. The number of anilines is 1. The van der Waals surface area contributed by atoms with E-state index in [-0.39, 0.29) is 18.0 Å². The van der Waals surface area contributed by atoms with Gasteiger partial charge in [0.2, 0.25) is 0 Å². The molecular formula is C17H22FNO. The van der Waals surface area contributed by atoms with Crippen molar-refractivity contribution in [2.24, 2.45) is 23.7 Å². The van der Waals surface area contributed by atoms with Gasteiger partial charge in [-0.1, -0.05) is 6.07 Å². The Morgan fingerprint density at radius 1 is 1.10 bits per heavy atom. The first kappa shape index (κ1) is 12.6. The smallest absolute Gasteiger partial charge is 0.125 e. The predicted molar refractivity (Wildman–Crippen MR) is 76.9 cm³/mol. The van der Waals surface area contributed by atoms with Crippen molar-refractivity contribution in [3.05, 3.63) is 30.1 Å². The minimum Gasteiger partial charge on any atom is -0.394 e. The van der Waals surface area contributed by atoms with Crippen molar-refractivity contribution in [3.8, 4) is 0 Å². The third-order valence-electron chi connectivity index (χ3n) is 6.06. The van der Waals surface area contributed by atoms with Crippen molar-refractivity contribution in [2.75, 3.05) is 11.9 Å². The number of halogens is 1. The molecule has 4 saturated carbocycles. The highest BCUT2D eigenvalue weighted by molar-refractivity contribution is 5.47. The summed E-state index contributed by atoms with van der Waals surface area (Å²) < 4.78 is 13.4. The second kappa shape index (κ2) is 4.45. The lowest BCUT2D eigenvalue weighted by molar-refractivity contribution is -0.0655. The maximum absolute atomic E-state index is 13.4. The monoisotopic (exact) mass is 275 g/mol. The summed E-state index contributed by atoms with van der Waals surface area (Å²) in [5.74, 6) is 2.61. The van der Waals surface area contributed by atoms with Gasteiger partial charge in [0, 0.05) is 5.69 Å². The zero-order valence-corrected chi connectivity index (χ0v) is 11.7.